The third kappa shape index (κ3) is 4.83. The number of benzene rings is 3. The lowest BCUT2D eigenvalue weighted by molar-refractivity contribution is 0.601. The first-order valence-electron chi connectivity index (χ1n) is 8.64. The van der Waals surface area contributed by atoms with Crippen LogP contribution >= 0.6 is 0 Å². The van der Waals surface area contributed by atoms with Gasteiger partial charge in [-0.05, 0) is 62.2 Å². The van der Waals surface area contributed by atoms with Crippen molar-refractivity contribution in [1.29, 1.82) is 0 Å². The molecule has 0 unspecified atom stereocenters. The summed E-state index contributed by atoms with van der Waals surface area (Å²) in [5.74, 6) is 0. The zero-order valence-electron chi connectivity index (χ0n) is 15.6. The van der Waals surface area contributed by atoms with Crippen LogP contribution in [0.25, 0.3) is 0 Å². The summed E-state index contributed by atoms with van der Waals surface area (Å²) in [4.78, 5) is 4.60. The predicted octanol–water partition coefficient (Wildman–Crippen LogP) is 5.16. The lowest BCUT2D eigenvalue weighted by Gasteiger charge is -2.11. The van der Waals surface area contributed by atoms with Crippen LogP contribution < -0.4 is 4.72 Å². The van der Waals surface area contributed by atoms with Crippen LogP contribution in [-0.2, 0) is 10.0 Å². The summed E-state index contributed by atoms with van der Waals surface area (Å²) in [5, 5.41) is 0. The molecule has 0 aliphatic heterocycles. The van der Waals surface area contributed by atoms with Crippen LogP contribution in [0.1, 0.15) is 22.3 Å². The number of hydrogen-bond acceptors (Lipinski definition) is 3. The Morgan fingerprint density at radius 2 is 1.44 bits per heavy atom. The largest absolute Gasteiger partial charge is 0.279 e. The molecule has 3 aromatic carbocycles. The number of aliphatic imine (C=N–C) groups is 1. The van der Waals surface area contributed by atoms with Gasteiger partial charge in [-0.15, -0.1) is 0 Å². The molecule has 4 nitrogen and oxygen atoms in total. The minimum Gasteiger partial charge on any atom is -0.279 e. The Labute approximate surface area is 160 Å². The van der Waals surface area contributed by atoms with Gasteiger partial charge in [-0.2, -0.15) is 0 Å². The van der Waals surface area contributed by atoms with Crippen LogP contribution in [0.15, 0.2) is 76.6 Å². The van der Waals surface area contributed by atoms with Crippen LogP contribution in [0.2, 0.25) is 0 Å². The maximum atomic E-state index is 12.6. The third-order valence-corrected chi connectivity index (χ3v) is 5.59. The molecule has 0 aliphatic rings. The number of sulfonamides is 1. The average molecular weight is 378 g/mol. The second-order valence-corrected chi connectivity index (χ2v) is 8.27. The van der Waals surface area contributed by atoms with Crippen LogP contribution in [0.3, 0.4) is 0 Å². The van der Waals surface area contributed by atoms with Crippen molar-refractivity contribution < 1.29 is 8.42 Å². The molecule has 5 heteroatoms. The minimum atomic E-state index is -3.64. The average Bonchev–Trinajstić information content (AvgIpc) is 2.64. The summed E-state index contributed by atoms with van der Waals surface area (Å²) in [6.45, 7) is 5.89. The minimum absolute atomic E-state index is 0.205. The molecule has 3 aromatic rings. The van der Waals surface area contributed by atoms with E-state index in [1.54, 1.807) is 36.5 Å². The Hall–Kier alpha value is -2.92. The van der Waals surface area contributed by atoms with Crippen molar-refractivity contribution in [2.75, 3.05) is 4.72 Å². The van der Waals surface area contributed by atoms with E-state index in [-0.39, 0.29) is 4.90 Å². The van der Waals surface area contributed by atoms with Gasteiger partial charge >= 0.3 is 0 Å². The van der Waals surface area contributed by atoms with E-state index in [1.165, 1.54) is 5.56 Å². The van der Waals surface area contributed by atoms with E-state index < -0.39 is 10.0 Å². The van der Waals surface area contributed by atoms with Crippen molar-refractivity contribution in [1.82, 2.24) is 0 Å². The summed E-state index contributed by atoms with van der Waals surface area (Å²) in [7, 11) is -3.64. The molecule has 0 bridgehead atoms. The summed E-state index contributed by atoms with van der Waals surface area (Å²) < 4.78 is 27.9. The summed E-state index contributed by atoms with van der Waals surface area (Å²) in [5.41, 5.74) is 5.44. The highest BCUT2D eigenvalue weighted by molar-refractivity contribution is 7.92. The highest BCUT2D eigenvalue weighted by Gasteiger charge is 2.15. The lowest BCUT2D eigenvalue weighted by atomic mass is 10.1. The van der Waals surface area contributed by atoms with Crippen LogP contribution in [0, 0.1) is 20.8 Å². The van der Waals surface area contributed by atoms with Gasteiger partial charge in [0.15, 0.2) is 0 Å². The van der Waals surface area contributed by atoms with Gasteiger partial charge in [0.05, 0.1) is 16.3 Å². The van der Waals surface area contributed by atoms with Crippen molar-refractivity contribution in [3.8, 4) is 0 Å². The number of nitrogens with zero attached hydrogens (tertiary/aromatic N) is 1. The highest BCUT2D eigenvalue weighted by Crippen LogP contribution is 2.22. The van der Waals surface area contributed by atoms with Gasteiger partial charge in [-0.1, -0.05) is 47.5 Å². The Kier molecular flexibility index (Phi) is 5.42. The maximum Gasteiger partial charge on any atom is 0.261 e. The molecule has 0 aromatic heterocycles. The van der Waals surface area contributed by atoms with Gasteiger partial charge in [0.1, 0.15) is 0 Å². The zero-order chi connectivity index (χ0) is 19.4. The van der Waals surface area contributed by atoms with Gasteiger partial charge in [0, 0.05) is 6.21 Å². The van der Waals surface area contributed by atoms with Crippen molar-refractivity contribution in [3.63, 3.8) is 0 Å². The molecule has 0 heterocycles. The number of anilines is 1. The molecule has 3 rings (SSSR count). The van der Waals surface area contributed by atoms with E-state index in [0.29, 0.717) is 11.4 Å². The molecular formula is C22H22N2O2S. The Morgan fingerprint density at radius 1 is 0.815 bits per heavy atom. The fraction of sp³-hybridized carbons (Fsp3) is 0.136. The monoisotopic (exact) mass is 378 g/mol. The number of hydrogen-bond donors (Lipinski definition) is 1. The molecular weight excluding hydrogens is 356 g/mol. The first kappa shape index (κ1) is 18.9. The van der Waals surface area contributed by atoms with Gasteiger partial charge < -0.3 is 0 Å². The van der Waals surface area contributed by atoms with Crippen molar-refractivity contribution >= 4 is 27.6 Å². The molecule has 0 saturated carbocycles. The molecule has 138 valence electrons. The Bertz CT molecular complexity index is 1070. The summed E-state index contributed by atoms with van der Waals surface area (Å²) >= 11 is 0. The van der Waals surface area contributed by atoms with E-state index in [9.17, 15) is 8.42 Å². The first-order chi connectivity index (χ1) is 12.8. The van der Waals surface area contributed by atoms with Gasteiger partial charge in [0.2, 0.25) is 0 Å². The molecule has 0 amide bonds. The fourth-order valence-corrected chi connectivity index (χ4v) is 3.78. The van der Waals surface area contributed by atoms with Gasteiger partial charge in [-0.3, -0.25) is 9.71 Å². The molecule has 27 heavy (non-hydrogen) atoms. The second kappa shape index (κ2) is 7.76. The Balaban J connectivity index is 1.76. The number of nitrogens with one attached hydrogen (secondary N) is 1. The van der Waals surface area contributed by atoms with E-state index in [1.807, 2.05) is 57.2 Å². The van der Waals surface area contributed by atoms with Crippen molar-refractivity contribution in [2.45, 2.75) is 25.7 Å². The molecule has 0 radical (unpaired) electrons. The maximum absolute atomic E-state index is 12.6. The molecule has 0 fully saturated rings. The quantitative estimate of drug-likeness (QED) is 0.623. The molecule has 1 N–H and O–H groups in total. The smallest absolute Gasteiger partial charge is 0.261 e. The van der Waals surface area contributed by atoms with Crippen LogP contribution in [0.5, 0.6) is 0 Å². The standard InChI is InChI=1S/C22H22N2O2S/c1-16-4-7-19(8-5-16)15-23-20-9-11-21(12-10-20)27(25,26)24-22-13-6-17(2)14-18(22)3/h4-15,24H,1-3H3. The molecule has 0 aliphatic carbocycles. The highest BCUT2D eigenvalue weighted by atomic mass is 32.2. The molecule has 0 spiro atoms. The fourth-order valence-electron chi connectivity index (χ4n) is 2.64. The van der Waals surface area contributed by atoms with E-state index in [4.69, 9.17) is 0 Å². The van der Waals surface area contributed by atoms with Gasteiger partial charge in [0.25, 0.3) is 10.0 Å². The summed E-state index contributed by atoms with van der Waals surface area (Å²) in [6, 6.07) is 20.2. The lowest BCUT2D eigenvalue weighted by Crippen LogP contribution is -2.13. The van der Waals surface area contributed by atoms with Gasteiger partial charge in [-0.25, -0.2) is 8.42 Å². The zero-order valence-corrected chi connectivity index (χ0v) is 16.4. The van der Waals surface area contributed by atoms with E-state index in [2.05, 4.69) is 9.71 Å². The summed E-state index contributed by atoms with van der Waals surface area (Å²) in [6.07, 6.45) is 1.76. The SMILES string of the molecule is Cc1ccc(C=Nc2ccc(S(=O)(=O)Nc3ccc(C)cc3C)cc2)cc1. The second-order valence-electron chi connectivity index (χ2n) is 6.59. The van der Waals surface area contributed by atoms with Crippen LogP contribution in [-0.4, -0.2) is 14.6 Å². The van der Waals surface area contributed by atoms with Crippen molar-refractivity contribution in [3.05, 3.63) is 89.0 Å². The third-order valence-electron chi connectivity index (χ3n) is 4.21. The molecule has 0 saturated heterocycles. The normalized spacial score (nSPS) is 11.7. The topological polar surface area (TPSA) is 58.5 Å². The van der Waals surface area contributed by atoms with E-state index >= 15 is 0 Å². The first-order valence-corrected chi connectivity index (χ1v) is 10.1. The predicted molar refractivity (Wildman–Crippen MR) is 112 cm³/mol. The number of aryl methyl sites for hydroxylation is 3. The molecule has 0 atom stereocenters. The van der Waals surface area contributed by atoms with E-state index in [0.717, 1.165) is 16.7 Å². The van der Waals surface area contributed by atoms with Crippen LogP contribution in [0.4, 0.5) is 11.4 Å². The number of rotatable bonds is 5. The Morgan fingerprint density at radius 3 is 2.07 bits per heavy atom. The van der Waals surface area contributed by atoms with Crippen molar-refractivity contribution in [2.24, 2.45) is 4.99 Å².